The van der Waals surface area contributed by atoms with Crippen LogP contribution in [0.1, 0.15) is 16.1 Å². The summed E-state index contributed by atoms with van der Waals surface area (Å²) in [6.45, 7) is -2.98. The highest BCUT2D eigenvalue weighted by Crippen LogP contribution is 2.33. The summed E-state index contributed by atoms with van der Waals surface area (Å²) < 4.78 is 64.5. The highest BCUT2D eigenvalue weighted by atomic mass is 32.2. The van der Waals surface area contributed by atoms with Crippen LogP contribution in [0.3, 0.4) is 0 Å². The first-order valence-electron chi connectivity index (χ1n) is 10.5. The zero-order valence-corrected chi connectivity index (χ0v) is 19.7. The van der Waals surface area contributed by atoms with Crippen molar-refractivity contribution in [1.29, 1.82) is 0 Å². The number of hydrogen-bond donors (Lipinski definition) is 1. The van der Waals surface area contributed by atoms with Crippen molar-refractivity contribution in [3.05, 3.63) is 90.3 Å². The third-order valence-corrected chi connectivity index (χ3v) is 5.86. The van der Waals surface area contributed by atoms with E-state index in [0.29, 0.717) is 11.3 Å². The quantitative estimate of drug-likeness (QED) is 0.305. The molecule has 11 heteroatoms. The first-order valence-corrected chi connectivity index (χ1v) is 12.4. The monoisotopic (exact) mass is 514 g/mol. The van der Waals surface area contributed by atoms with Crippen LogP contribution in [0.25, 0.3) is 11.3 Å². The molecule has 0 aliphatic heterocycles. The van der Waals surface area contributed by atoms with E-state index in [1.807, 2.05) is 30.3 Å². The van der Waals surface area contributed by atoms with Crippen LogP contribution < -0.4 is 9.47 Å². The Labute approximate surface area is 205 Å². The minimum absolute atomic E-state index is 0.0931. The lowest BCUT2D eigenvalue weighted by Gasteiger charge is -2.11. The first-order chi connectivity index (χ1) is 17.2. The molecule has 36 heavy (non-hydrogen) atoms. The fourth-order valence-corrected chi connectivity index (χ4v) is 3.78. The van der Waals surface area contributed by atoms with Crippen molar-refractivity contribution in [2.45, 2.75) is 18.2 Å². The van der Waals surface area contributed by atoms with Gasteiger partial charge in [0.05, 0.1) is 6.20 Å². The van der Waals surface area contributed by atoms with Crippen molar-refractivity contribution in [1.82, 2.24) is 9.97 Å². The minimum Gasteiger partial charge on any atom is -0.456 e. The van der Waals surface area contributed by atoms with Gasteiger partial charge in [-0.2, -0.15) is 8.78 Å². The number of aromatic nitrogens is 2. The van der Waals surface area contributed by atoms with Crippen molar-refractivity contribution in [2.75, 3.05) is 6.26 Å². The smallest absolute Gasteiger partial charge is 0.387 e. The van der Waals surface area contributed by atoms with Gasteiger partial charge in [0, 0.05) is 23.6 Å². The summed E-state index contributed by atoms with van der Waals surface area (Å²) in [4.78, 5) is 19.2. The maximum absolute atomic E-state index is 12.9. The number of carbonyl (C=O) groups excluding carboxylic acids is 1. The van der Waals surface area contributed by atoms with Gasteiger partial charge in [-0.05, 0) is 42.0 Å². The van der Waals surface area contributed by atoms with Gasteiger partial charge in [-0.3, -0.25) is 0 Å². The van der Waals surface area contributed by atoms with E-state index in [2.05, 4.69) is 14.7 Å². The number of nitrogens with one attached hydrogen (secondary N) is 1. The molecule has 0 fully saturated rings. The average Bonchev–Trinajstić information content (AvgIpc) is 3.33. The summed E-state index contributed by atoms with van der Waals surface area (Å²) >= 11 is 0. The number of esters is 1. The molecule has 0 bridgehead atoms. The molecule has 4 rings (SSSR count). The molecule has 1 N–H and O–H groups in total. The van der Waals surface area contributed by atoms with E-state index in [1.54, 1.807) is 6.07 Å². The Morgan fingerprint density at radius 2 is 1.72 bits per heavy atom. The normalized spacial score (nSPS) is 11.3. The Bertz CT molecular complexity index is 1460. The molecule has 0 saturated heterocycles. The molecule has 0 aliphatic rings. The molecule has 0 aliphatic carbocycles. The van der Waals surface area contributed by atoms with Crippen LogP contribution >= 0.6 is 0 Å². The van der Waals surface area contributed by atoms with E-state index in [4.69, 9.17) is 9.47 Å². The standard InChI is InChI=1S/C25H20F2N2O6S/c1-36(31,32)23-10-7-18(14-28-23)34-19-11-17(12-20(13-19)35-25(26)27)21-8-9-22(29-21)24(30)33-15-16-5-3-2-4-6-16/h2-14,25,29H,15H2,1H3. The number of pyridine rings is 1. The predicted molar refractivity (Wildman–Crippen MR) is 126 cm³/mol. The molecule has 2 aromatic carbocycles. The van der Waals surface area contributed by atoms with Gasteiger partial charge in [0.2, 0.25) is 0 Å². The Morgan fingerprint density at radius 3 is 2.39 bits per heavy atom. The number of sulfone groups is 1. The van der Waals surface area contributed by atoms with Gasteiger partial charge in [-0.25, -0.2) is 18.2 Å². The highest BCUT2D eigenvalue weighted by molar-refractivity contribution is 7.90. The van der Waals surface area contributed by atoms with E-state index >= 15 is 0 Å². The topological polar surface area (TPSA) is 108 Å². The molecule has 0 amide bonds. The zero-order chi connectivity index (χ0) is 25.7. The van der Waals surface area contributed by atoms with Crippen molar-refractivity contribution in [3.8, 4) is 28.5 Å². The Kier molecular flexibility index (Phi) is 7.30. The van der Waals surface area contributed by atoms with E-state index in [9.17, 15) is 22.0 Å². The summed E-state index contributed by atoms with van der Waals surface area (Å²) in [6.07, 6.45) is 2.22. The summed E-state index contributed by atoms with van der Waals surface area (Å²) in [5, 5.41) is -0.136. The lowest BCUT2D eigenvalue weighted by atomic mass is 10.1. The number of rotatable bonds is 9. The Hall–Kier alpha value is -4.25. The molecule has 4 aromatic rings. The van der Waals surface area contributed by atoms with E-state index in [1.165, 1.54) is 42.6 Å². The van der Waals surface area contributed by atoms with Gasteiger partial charge in [-0.15, -0.1) is 0 Å². The molecule has 186 valence electrons. The van der Waals surface area contributed by atoms with E-state index < -0.39 is 22.4 Å². The predicted octanol–water partition coefficient (Wildman–Crippen LogP) is 5.23. The lowest BCUT2D eigenvalue weighted by molar-refractivity contribution is -0.0498. The van der Waals surface area contributed by atoms with Crippen molar-refractivity contribution in [3.63, 3.8) is 0 Å². The van der Waals surface area contributed by atoms with Gasteiger partial charge in [0.1, 0.15) is 29.5 Å². The molecular weight excluding hydrogens is 494 g/mol. The summed E-state index contributed by atoms with van der Waals surface area (Å²) in [6, 6.07) is 19.1. The molecule has 0 saturated carbocycles. The second kappa shape index (κ2) is 10.6. The number of alkyl halides is 2. The van der Waals surface area contributed by atoms with E-state index in [0.717, 1.165) is 11.8 Å². The van der Waals surface area contributed by atoms with Crippen molar-refractivity contribution >= 4 is 15.8 Å². The maximum atomic E-state index is 12.9. The van der Waals surface area contributed by atoms with Crippen molar-refractivity contribution in [2.24, 2.45) is 0 Å². The number of carbonyl (C=O) groups is 1. The number of halogens is 2. The Morgan fingerprint density at radius 1 is 0.972 bits per heavy atom. The lowest BCUT2D eigenvalue weighted by Crippen LogP contribution is -2.05. The first kappa shape index (κ1) is 24.9. The van der Waals surface area contributed by atoms with Gasteiger partial charge in [-0.1, -0.05) is 30.3 Å². The average molecular weight is 515 g/mol. The van der Waals surface area contributed by atoms with Gasteiger partial charge < -0.3 is 19.2 Å². The van der Waals surface area contributed by atoms with Crippen molar-refractivity contribution < 1.29 is 36.2 Å². The zero-order valence-electron chi connectivity index (χ0n) is 18.9. The fraction of sp³-hybridized carbons (Fsp3) is 0.120. The van der Waals surface area contributed by atoms with Crippen LogP contribution in [0.5, 0.6) is 17.2 Å². The molecular formula is C25H20F2N2O6S. The summed E-state index contributed by atoms with van der Waals surface area (Å²) in [7, 11) is -3.49. The van der Waals surface area contributed by atoms with Crippen LogP contribution in [-0.2, 0) is 21.2 Å². The second-order valence-electron chi connectivity index (χ2n) is 7.63. The molecule has 0 unspecified atom stereocenters. The van der Waals surface area contributed by atoms with Crippen LogP contribution in [0.15, 0.2) is 84.0 Å². The number of nitrogens with zero attached hydrogens (tertiary/aromatic N) is 1. The largest absolute Gasteiger partial charge is 0.456 e. The van der Waals surface area contributed by atoms with Crippen LogP contribution in [-0.4, -0.2) is 37.2 Å². The Balaban J connectivity index is 1.55. The molecule has 2 aromatic heterocycles. The fourth-order valence-electron chi connectivity index (χ4n) is 3.22. The molecule has 0 radical (unpaired) electrons. The molecule has 2 heterocycles. The van der Waals surface area contributed by atoms with Crippen LogP contribution in [0.2, 0.25) is 0 Å². The molecule has 8 nitrogen and oxygen atoms in total. The van der Waals surface area contributed by atoms with Gasteiger partial charge >= 0.3 is 12.6 Å². The number of hydrogen-bond acceptors (Lipinski definition) is 7. The van der Waals surface area contributed by atoms with Gasteiger partial charge in [0.15, 0.2) is 14.9 Å². The number of H-pyrrole nitrogens is 1. The van der Waals surface area contributed by atoms with Gasteiger partial charge in [0.25, 0.3) is 0 Å². The maximum Gasteiger partial charge on any atom is 0.387 e. The third kappa shape index (κ3) is 6.45. The summed E-state index contributed by atoms with van der Waals surface area (Å²) in [5.41, 5.74) is 1.82. The van der Waals surface area contributed by atoms with Crippen LogP contribution in [0.4, 0.5) is 8.78 Å². The van der Waals surface area contributed by atoms with Crippen LogP contribution in [0, 0.1) is 0 Å². The SMILES string of the molecule is CS(=O)(=O)c1ccc(Oc2cc(OC(F)F)cc(-c3ccc(C(=O)OCc4ccccc4)[nH]3)c2)cn1. The third-order valence-electron chi connectivity index (χ3n) is 4.86. The number of ether oxygens (including phenoxy) is 3. The molecule has 0 atom stereocenters. The summed E-state index contributed by atoms with van der Waals surface area (Å²) in [5.74, 6) is -0.460. The highest BCUT2D eigenvalue weighted by Gasteiger charge is 2.15. The second-order valence-corrected chi connectivity index (χ2v) is 9.59. The van der Waals surface area contributed by atoms with E-state index in [-0.39, 0.29) is 34.6 Å². The minimum atomic E-state index is -3.49. The number of aromatic amines is 1. The molecule has 0 spiro atoms. The number of benzene rings is 2.